The van der Waals surface area contributed by atoms with Gasteiger partial charge in [0.25, 0.3) is 5.91 Å². The summed E-state index contributed by atoms with van der Waals surface area (Å²) in [6, 6.07) is 6.25. The van der Waals surface area contributed by atoms with Crippen LogP contribution in [0, 0.1) is 0 Å². The first kappa shape index (κ1) is 12.8. The molecule has 98 valence electrons. The van der Waals surface area contributed by atoms with Gasteiger partial charge >= 0.3 is 5.97 Å². The summed E-state index contributed by atoms with van der Waals surface area (Å²) in [5.41, 5.74) is 1.06. The third-order valence-electron chi connectivity index (χ3n) is 2.56. The summed E-state index contributed by atoms with van der Waals surface area (Å²) in [6.07, 6.45) is 4.37. The van der Waals surface area contributed by atoms with Gasteiger partial charge in [-0.05, 0) is 30.2 Å². The zero-order chi connectivity index (χ0) is 13.7. The topological polar surface area (TPSA) is 95.1 Å². The smallest absolute Gasteiger partial charge is 0.354 e. The highest BCUT2D eigenvalue weighted by atomic mass is 16.4. The number of rotatable bonds is 5. The van der Waals surface area contributed by atoms with Crippen molar-refractivity contribution < 1.29 is 14.7 Å². The maximum atomic E-state index is 11.8. The van der Waals surface area contributed by atoms with Crippen molar-refractivity contribution in [2.75, 3.05) is 6.54 Å². The summed E-state index contributed by atoms with van der Waals surface area (Å²) in [5, 5.41) is 11.5. The van der Waals surface area contributed by atoms with E-state index in [0.717, 1.165) is 5.56 Å². The Morgan fingerprint density at radius 3 is 2.74 bits per heavy atom. The van der Waals surface area contributed by atoms with Crippen molar-refractivity contribution in [2.45, 2.75) is 6.42 Å². The number of aromatic nitrogens is 2. The molecule has 0 spiro atoms. The van der Waals surface area contributed by atoms with E-state index in [4.69, 9.17) is 5.11 Å². The van der Waals surface area contributed by atoms with Gasteiger partial charge in [0.05, 0.1) is 0 Å². The summed E-state index contributed by atoms with van der Waals surface area (Å²) in [7, 11) is 0. The van der Waals surface area contributed by atoms with E-state index in [2.05, 4.69) is 15.3 Å². The van der Waals surface area contributed by atoms with E-state index >= 15 is 0 Å². The summed E-state index contributed by atoms with van der Waals surface area (Å²) >= 11 is 0. The number of amides is 1. The molecule has 0 fully saturated rings. The van der Waals surface area contributed by atoms with Gasteiger partial charge in [0.1, 0.15) is 11.4 Å². The van der Waals surface area contributed by atoms with Crippen LogP contribution in [0.3, 0.4) is 0 Å². The molecule has 0 radical (unpaired) electrons. The molecule has 0 aliphatic heterocycles. The van der Waals surface area contributed by atoms with Crippen LogP contribution in [0.5, 0.6) is 0 Å². The first-order valence-electron chi connectivity index (χ1n) is 5.77. The van der Waals surface area contributed by atoms with E-state index in [1.807, 2.05) is 18.5 Å². The number of carboxylic acids is 1. The molecule has 2 rings (SSSR count). The van der Waals surface area contributed by atoms with Crippen molar-refractivity contribution >= 4 is 11.9 Å². The highest BCUT2D eigenvalue weighted by Gasteiger charge is 2.10. The molecule has 0 saturated heterocycles. The lowest BCUT2D eigenvalue weighted by molar-refractivity contribution is 0.0690. The Hall–Kier alpha value is -2.63. The van der Waals surface area contributed by atoms with E-state index < -0.39 is 5.97 Å². The molecule has 1 amide bonds. The molecule has 0 bridgehead atoms. The van der Waals surface area contributed by atoms with Gasteiger partial charge in [-0.2, -0.15) is 0 Å². The molecule has 0 saturated carbocycles. The molecule has 0 atom stereocenters. The van der Waals surface area contributed by atoms with Crippen LogP contribution in [0.25, 0.3) is 0 Å². The SMILES string of the molecule is O=C(O)c1cccc(C(=O)NCCc2cc[nH]c2)n1. The monoisotopic (exact) mass is 259 g/mol. The van der Waals surface area contributed by atoms with E-state index in [1.165, 1.54) is 18.2 Å². The molecule has 19 heavy (non-hydrogen) atoms. The minimum atomic E-state index is -1.15. The molecule has 2 aromatic rings. The van der Waals surface area contributed by atoms with Crippen LogP contribution >= 0.6 is 0 Å². The third kappa shape index (κ3) is 3.41. The molecule has 0 aliphatic rings. The van der Waals surface area contributed by atoms with Gasteiger partial charge in [-0.3, -0.25) is 4.79 Å². The zero-order valence-electron chi connectivity index (χ0n) is 10.1. The third-order valence-corrected chi connectivity index (χ3v) is 2.56. The van der Waals surface area contributed by atoms with Crippen LogP contribution in [0.2, 0.25) is 0 Å². The van der Waals surface area contributed by atoms with Gasteiger partial charge in [-0.25, -0.2) is 9.78 Å². The quantitative estimate of drug-likeness (QED) is 0.748. The lowest BCUT2D eigenvalue weighted by Gasteiger charge is -2.04. The van der Waals surface area contributed by atoms with Gasteiger partial charge in [0, 0.05) is 18.9 Å². The number of nitrogens with one attached hydrogen (secondary N) is 2. The van der Waals surface area contributed by atoms with Crippen molar-refractivity contribution in [3.05, 3.63) is 53.6 Å². The summed E-state index contributed by atoms with van der Waals surface area (Å²) in [6.45, 7) is 0.468. The van der Waals surface area contributed by atoms with Gasteiger partial charge in [0.15, 0.2) is 0 Å². The van der Waals surface area contributed by atoms with Crippen LogP contribution in [-0.2, 0) is 6.42 Å². The Labute approximate surface area is 109 Å². The van der Waals surface area contributed by atoms with E-state index in [0.29, 0.717) is 13.0 Å². The fourth-order valence-corrected chi connectivity index (χ4v) is 1.61. The standard InChI is InChI=1S/C13H13N3O3/c17-12(15-7-5-9-4-6-14-8-9)10-2-1-3-11(16-10)13(18)19/h1-4,6,8,14H,5,7H2,(H,15,17)(H,18,19). The summed E-state index contributed by atoms with van der Waals surface area (Å²) < 4.78 is 0. The van der Waals surface area contributed by atoms with E-state index in [9.17, 15) is 9.59 Å². The zero-order valence-corrected chi connectivity index (χ0v) is 10.1. The highest BCUT2D eigenvalue weighted by Crippen LogP contribution is 2.00. The fourth-order valence-electron chi connectivity index (χ4n) is 1.61. The van der Waals surface area contributed by atoms with E-state index in [1.54, 1.807) is 0 Å². The number of aromatic carboxylic acids is 1. The van der Waals surface area contributed by atoms with Crippen molar-refractivity contribution in [1.82, 2.24) is 15.3 Å². The first-order chi connectivity index (χ1) is 9.16. The maximum absolute atomic E-state index is 11.8. The number of H-pyrrole nitrogens is 1. The average Bonchev–Trinajstić information content (AvgIpc) is 2.92. The fraction of sp³-hybridized carbons (Fsp3) is 0.154. The molecule has 0 aromatic carbocycles. The normalized spacial score (nSPS) is 10.1. The van der Waals surface area contributed by atoms with Gasteiger partial charge < -0.3 is 15.4 Å². The maximum Gasteiger partial charge on any atom is 0.354 e. The molecule has 6 nitrogen and oxygen atoms in total. The van der Waals surface area contributed by atoms with Crippen molar-refractivity contribution in [3.63, 3.8) is 0 Å². The predicted molar refractivity (Wildman–Crippen MR) is 68.0 cm³/mol. The Balaban J connectivity index is 1.92. The van der Waals surface area contributed by atoms with Crippen LogP contribution in [-0.4, -0.2) is 33.5 Å². The number of carboxylic acid groups (broad SMARTS) is 1. The van der Waals surface area contributed by atoms with Crippen LogP contribution in [0.1, 0.15) is 26.5 Å². The van der Waals surface area contributed by atoms with Crippen LogP contribution in [0.4, 0.5) is 0 Å². The Morgan fingerprint density at radius 2 is 2.05 bits per heavy atom. The van der Waals surface area contributed by atoms with Crippen LogP contribution in [0.15, 0.2) is 36.7 Å². The number of hydrogen-bond donors (Lipinski definition) is 3. The molecule has 0 aliphatic carbocycles. The summed E-state index contributed by atoms with van der Waals surface area (Å²) in [5.74, 6) is -1.53. The van der Waals surface area contributed by atoms with Gasteiger partial charge in [-0.15, -0.1) is 0 Å². The predicted octanol–water partition coefficient (Wildman–Crippen LogP) is 1.08. The van der Waals surface area contributed by atoms with E-state index in [-0.39, 0.29) is 17.3 Å². The lowest BCUT2D eigenvalue weighted by atomic mass is 10.2. The van der Waals surface area contributed by atoms with Gasteiger partial charge in [-0.1, -0.05) is 6.07 Å². The number of nitrogens with zero attached hydrogens (tertiary/aromatic N) is 1. The average molecular weight is 259 g/mol. The molecular formula is C13H13N3O3. The second kappa shape index (κ2) is 5.81. The lowest BCUT2D eigenvalue weighted by Crippen LogP contribution is -2.26. The molecular weight excluding hydrogens is 246 g/mol. The number of pyridine rings is 1. The minimum absolute atomic E-state index is 0.106. The number of carbonyl (C=O) groups is 2. The molecule has 3 N–H and O–H groups in total. The largest absolute Gasteiger partial charge is 0.477 e. The van der Waals surface area contributed by atoms with Crippen molar-refractivity contribution in [1.29, 1.82) is 0 Å². The van der Waals surface area contributed by atoms with Crippen molar-refractivity contribution in [3.8, 4) is 0 Å². The minimum Gasteiger partial charge on any atom is -0.477 e. The Bertz CT molecular complexity index is 579. The molecule has 0 unspecified atom stereocenters. The first-order valence-corrected chi connectivity index (χ1v) is 5.77. The Morgan fingerprint density at radius 1 is 1.26 bits per heavy atom. The Kier molecular flexibility index (Phi) is 3.92. The van der Waals surface area contributed by atoms with Gasteiger partial charge in [0.2, 0.25) is 0 Å². The second-order valence-corrected chi connectivity index (χ2v) is 3.94. The number of aromatic amines is 1. The highest BCUT2D eigenvalue weighted by molar-refractivity contribution is 5.94. The second-order valence-electron chi connectivity index (χ2n) is 3.94. The summed E-state index contributed by atoms with van der Waals surface area (Å²) in [4.78, 5) is 29.2. The molecule has 2 aromatic heterocycles. The van der Waals surface area contributed by atoms with Crippen LogP contribution < -0.4 is 5.32 Å². The number of carbonyl (C=O) groups excluding carboxylic acids is 1. The van der Waals surface area contributed by atoms with Crippen molar-refractivity contribution in [2.24, 2.45) is 0 Å². The molecule has 2 heterocycles. The number of hydrogen-bond acceptors (Lipinski definition) is 3. The molecule has 6 heteroatoms.